The summed E-state index contributed by atoms with van der Waals surface area (Å²) in [6.45, 7) is 1.88. The van der Waals surface area contributed by atoms with Crippen molar-refractivity contribution in [3.8, 4) is 0 Å². The number of fused-ring (bicyclic) bond motifs is 1. The predicted molar refractivity (Wildman–Crippen MR) is 60.1 cm³/mol. The van der Waals surface area contributed by atoms with Gasteiger partial charge in [-0.1, -0.05) is 36.4 Å². The largest absolute Gasteiger partial charge is 0.491 e. The van der Waals surface area contributed by atoms with E-state index in [1.807, 2.05) is 43.3 Å². The molecule has 0 unspecified atom stereocenters. The topological polar surface area (TPSA) is 29.5 Å². The second-order valence-corrected chi connectivity index (χ2v) is 3.50. The highest BCUT2D eigenvalue weighted by atomic mass is 16.5. The smallest absolute Gasteiger partial charge is 0.146 e. The number of aliphatic hydroxyl groups excluding tert-OH is 1. The van der Waals surface area contributed by atoms with E-state index >= 15 is 0 Å². The van der Waals surface area contributed by atoms with Crippen molar-refractivity contribution in [1.29, 1.82) is 0 Å². The first-order valence-electron chi connectivity index (χ1n) is 5.04. The average Bonchev–Trinajstić information content (AvgIpc) is 2.29. The molecule has 1 aliphatic rings. The average molecular weight is 202 g/mol. The van der Waals surface area contributed by atoms with Crippen LogP contribution in [0.4, 0.5) is 0 Å². The number of aliphatic hydroxyl groups is 1. The van der Waals surface area contributed by atoms with E-state index in [2.05, 4.69) is 0 Å². The predicted octanol–water partition coefficient (Wildman–Crippen LogP) is 2.67. The summed E-state index contributed by atoms with van der Waals surface area (Å²) >= 11 is 0. The number of hydrogen-bond acceptors (Lipinski definition) is 2. The van der Waals surface area contributed by atoms with Crippen LogP contribution in [0.25, 0.3) is 6.08 Å². The molecule has 0 bridgehead atoms. The Morgan fingerprint density at radius 3 is 2.93 bits per heavy atom. The lowest BCUT2D eigenvalue weighted by Gasteiger charge is -2.24. The number of rotatable bonds is 2. The molecule has 0 fully saturated rings. The monoisotopic (exact) mass is 202 g/mol. The van der Waals surface area contributed by atoms with E-state index in [9.17, 15) is 5.11 Å². The van der Waals surface area contributed by atoms with Crippen molar-refractivity contribution in [1.82, 2.24) is 0 Å². The molecule has 0 spiro atoms. The Bertz CT molecular complexity index is 393. The van der Waals surface area contributed by atoms with E-state index < -0.39 is 6.10 Å². The van der Waals surface area contributed by atoms with Gasteiger partial charge in [-0.3, -0.25) is 0 Å². The first-order chi connectivity index (χ1) is 7.33. The lowest BCUT2D eigenvalue weighted by atomic mass is 9.93. The third kappa shape index (κ3) is 1.95. The van der Waals surface area contributed by atoms with Crippen LogP contribution in [0.2, 0.25) is 0 Å². The maximum absolute atomic E-state index is 10.0. The van der Waals surface area contributed by atoms with Crippen LogP contribution in [0.1, 0.15) is 24.2 Å². The second-order valence-electron chi connectivity index (χ2n) is 3.50. The van der Waals surface area contributed by atoms with Crippen LogP contribution in [0.15, 0.2) is 42.7 Å². The Balaban J connectivity index is 2.25. The zero-order valence-corrected chi connectivity index (χ0v) is 8.63. The Kier molecular flexibility index (Phi) is 2.88. The SMILES string of the molecule is CC=CO[C@H]1C=Cc2ccccc2[C@@H]1O. The van der Waals surface area contributed by atoms with Gasteiger partial charge in [0.1, 0.15) is 12.2 Å². The summed E-state index contributed by atoms with van der Waals surface area (Å²) in [6, 6.07) is 7.80. The number of hydrogen-bond donors (Lipinski definition) is 1. The fourth-order valence-corrected chi connectivity index (χ4v) is 1.70. The van der Waals surface area contributed by atoms with Gasteiger partial charge in [0.05, 0.1) is 6.26 Å². The summed E-state index contributed by atoms with van der Waals surface area (Å²) in [4.78, 5) is 0. The van der Waals surface area contributed by atoms with Crippen molar-refractivity contribution in [2.24, 2.45) is 0 Å². The Morgan fingerprint density at radius 2 is 2.13 bits per heavy atom. The molecule has 2 heteroatoms. The maximum atomic E-state index is 10.0. The van der Waals surface area contributed by atoms with Crippen molar-refractivity contribution >= 4 is 6.08 Å². The molecule has 0 saturated carbocycles. The fourth-order valence-electron chi connectivity index (χ4n) is 1.70. The minimum Gasteiger partial charge on any atom is -0.491 e. The van der Waals surface area contributed by atoms with Crippen molar-refractivity contribution in [2.75, 3.05) is 0 Å². The van der Waals surface area contributed by atoms with Crippen LogP contribution in [0, 0.1) is 0 Å². The maximum Gasteiger partial charge on any atom is 0.146 e. The van der Waals surface area contributed by atoms with Gasteiger partial charge in [-0.2, -0.15) is 0 Å². The van der Waals surface area contributed by atoms with E-state index in [0.29, 0.717) is 0 Å². The molecule has 1 N–H and O–H groups in total. The molecule has 15 heavy (non-hydrogen) atoms. The van der Waals surface area contributed by atoms with E-state index in [4.69, 9.17) is 4.74 Å². The van der Waals surface area contributed by atoms with Crippen LogP contribution in [0.3, 0.4) is 0 Å². The summed E-state index contributed by atoms with van der Waals surface area (Å²) in [7, 11) is 0. The molecule has 2 nitrogen and oxygen atoms in total. The molecule has 1 aromatic carbocycles. The summed E-state index contributed by atoms with van der Waals surface area (Å²) < 4.78 is 5.38. The number of allylic oxidation sites excluding steroid dienone is 1. The normalized spacial score (nSPS) is 24.1. The van der Waals surface area contributed by atoms with Gasteiger partial charge in [-0.25, -0.2) is 0 Å². The molecule has 0 aromatic heterocycles. The summed E-state index contributed by atoms with van der Waals surface area (Å²) in [5.41, 5.74) is 1.99. The highest BCUT2D eigenvalue weighted by Crippen LogP contribution is 2.29. The first kappa shape index (κ1) is 9.99. The van der Waals surface area contributed by atoms with Gasteiger partial charge in [-0.05, 0) is 24.1 Å². The molecule has 2 atom stereocenters. The van der Waals surface area contributed by atoms with Crippen molar-refractivity contribution < 1.29 is 9.84 Å². The quantitative estimate of drug-likeness (QED) is 0.747. The molecule has 0 saturated heterocycles. The van der Waals surface area contributed by atoms with Crippen LogP contribution in [-0.2, 0) is 4.74 Å². The van der Waals surface area contributed by atoms with Crippen LogP contribution < -0.4 is 0 Å². The van der Waals surface area contributed by atoms with Crippen LogP contribution in [0.5, 0.6) is 0 Å². The van der Waals surface area contributed by atoms with Gasteiger partial charge < -0.3 is 9.84 Å². The van der Waals surface area contributed by atoms with Gasteiger partial charge >= 0.3 is 0 Å². The zero-order chi connectivity index (χ0) is 10.7. The van der Waals surface area contributed by atoms with Crippen molar-refractivity contribution in [2.45, 2.75) is 19.1 Å². The minimum atomic E-state index is -0.581. The second kappa shape index (κ2) is 4.32. The lowest BCUT2D eigenvalue weighted by molar-refractivity contribution is 0.0356. The molecule has 0 heterocycles. The first-order valence-corrected chi connectivity index (χ1v) is 5.04. The highest BCUT2D eigenvalue weighted by molar-refractivity contribution is 5.58. The third-order valence-corrected chi connectivity index (χ3v) is 2.46. The Labute approximate surface area is 89.5 Å². The van der Waals surface area contributed by atoms with E-state index in [-0.39, 0.29) is 6.10 Å². The van der Waals surface area contributed by atoms with Gasteiger partial charge in [0, 0.05) is 0 Å². The Hall–Kier alpha value is -1.54. The molecule has 0 amide bonds. The van der Waals surface area contributed by atoms with Crippen LogP contribution >= 0.6 is 0 Å². The van der Waals surface area contributed by atoms with Crippen molar-refractivity contribution in [3.05, 3.63) is 53.8 Å². The van der Waals surface area contributed by atoms with Crippen molar-refractivity contribution in [3.63, 3.8) is 0 Å². The van der Waals surface area contributed by atoms with Gasteiger partial charge in [-0.15, -0.1) is 0 Å². The van der Waals surface area contributed by atoms with E-state index in [1.54, 1.807) is 12.3 Å². The summed E-state index contributed by atoms with van der Waals surface area (Å²) in [6.07, 6.45) is 6.41. The van der Waals surface area contributed by atoms with Gasteiger partial charge in [0.15, 0.2) is 0 Å². The highest BCUT2D eigenvalue weighted by Gasteiger charge is 2.24. The molecule has 1 aromatic rings. The molecular formula is C13H14O2. The lowest BCUT2D eigenvalue weighted by Crippen LogP contribution is -2.21. The standard InChI is InChI=1S/C13H14O2/c1-2-9-15-12-8-7-10-5-3-4-6-11(10)13(12)14/h2-9,12-14H,1H3/t12-,13-/m0/s1. The Morgan fingerprint density at radius 1 is 1.33 bits per heavy atom. The molecule has 0 radical (unpaired) electrons. The third-order valence-electron chi connectivity index (χ3n) is 2.46. The van der Waals surface area contributed by atoms with Crippen LogP contribution in [-0.4, -0.2) is 11.2 Å². The molecular weight excluding hydrogens is 188 g/mol. The number of ether oxygens (including phenoxy) is 1. The minimum absolute atomic E-state index is 0.281. The summed E-state index contributed by atoms with van der Waals surface area (Å²) in [5.74, 6) is 0. The molecule has 1 aliphatic carbocycles. The van der Waals surface area contributed by atoms with E-state index in [1.165, 1.54) is 0 Å². The van der Waals surface area contributed by atoms with E-state index in [0.717, 1.165) is 11.1 Å². The van der Waals surface area contributed by atoms with Gasteiger partial charge in [0.25, 0.3) is 0 Å². The fraction of sp³-hybridized carbons (Fsp3) is 0.231. The molecule has 78 valence electrons. The van der Waals surface area contributed by atoms with Gasteiger partial charge in [0.2, 0.25) is 0 Å². The number of benzene rings is 1. The zero-order valence-electron chi connectivity index (χ0n) is 8.63. The summed E-state index contributed by atoms with van der Waals surface area (Å²) in [5, 5.41) is 10.0. The molecule has 2 rings (SSSR count). The molecule has 0 aliphatic heterocycles.